The Hall–Kier alpha value is -4.28. The molecule has 1 saturated heterocycles. The van der Waals surface area contributed by atoms with E-state index in [-0.39, 0.29) is 38.3 Å². The Morgan fingerprint density at radius 2 is 1.46 bits per heavy atom. The lowest BCUT2D eigenvalue weighted by molar-refractivity contribution is -0.145. The first-order chi connectivity index (χ1) is 17.9. The van der Waals surface area contributed by atoms with Crippen LogP contribution >= 0.6 is 0 Å². The first kappa shape index (κ1) is 27.3. The van der Waals surface area contributed by atoms with E-state index in [0.717, 1.165) is 5.56 Å². The SMILES string of the molecule is CCOC(=O)COc1ccc(OCC(=O)NNC(=O)C2CCN(C(=O)OCc3ccccc3)CC2)cc1. The molecule has 1 fully saturated rings. The highest BCUT2D eigenvalue weighted by Gasteiger charge is 2.28. The number of piperidine rings is 1. The highest BCUT2D eigenvalue weighted by atomic mass is 16.6. The third kappa shape index (κ3) is 9.36. The van der Waals surface area contributed by atoms with Crippen molar-refractivity contribution in [2.75, 3.05) is 32.9 Å². The van der Waals surface area contributed by atoms with Gasteiger partial charge in [0, 0.05) is 19.0 Å². The third-order valence-electron chi connectivity index (χ3n) is 5.51. The van der Waals surface area contributed by atoms with Crippen LogP contribution in [0.5, 0.6) is 11.5 Å². The van der Waals surface area contributed by atoms with Gasteiger partial charge in [-0.2, -0.15) is 0 Å². The monoisotopic (exact) mass is 513 g/mol. The molecule has 198 valence electrons. The second kappa shape index (κ2) is 14.3. The molecule has 1 aliphatic rings. The van der Waals surface area contributed by atoms with Gasteiger partial charge < -0.3 is 23.8 Å². The number of nitrogens with zero attached hydrogens (tertiary/aromatic N) is 1. The maximum Gasteiger partial charge on any atom is 0.410 e. The number of ether oxygens (including phenoxy) is 4. The standard InChI is InChI=1S/C26H31N3O8/c1-2-34-24(31)18-36-22-10-8-21(9-11-22)35-17-23(30)27-28-25(32)20-12-14-29(15-13-20)26(33)37-16-19-6-4-3-5-7-19/h3-11,20H,2,12-18H2,1H3,(H,27,30)(H,28,32). The van der Waals surface area contributed by atoms with E-state index in [4.69, 9.17) is 18.9 Å². The largest absolute Gasteiger partial charge is 0.484 e. The zero-order chi connectivity index (χ0) is 26.5. The number of amides is 3. The Kier molecular flexibility index (Phi) is 10.6. The smallest absolute Gasteiger partial charge is 0.410 e. The van der Waals surface area contributed by atoms with Gasteiger partial charge in [0.15, 0.2) is 13.2 Å². The van der Waals surface area contributed by atoms with Crippen molar-refractivity contribution in [3.8, 4) is 11.5 Å². The molecule has 37 heavy (non-hydrogen) atoms. The van der Waals surface area contributed by atoms with Gasteiger partial charge >= 0.3 is 12.1 Å². The molecule has 11 nitrogen and oxygen atoms in total. The highest BCUT2D eigenvalue weighted by Crippen LogP contribution is 2.19. The highest BCUT2D eigenvalue weighted by molar-refractivity contribution is 5.84. The average molecular weight is 514 g/mol. The van der Waals surface area contributed by atoms with Crippen molar-refractivity contribution >= 4 is 23.9 Å². The number of esters is 1. The summed E-state index contributed by atoms with van der Waals surface area (Å²) >= 11 is 0. The van der Waals surface area contributed by atoms with Gasteiger partial charge in [-0.1, -0.05) is 30.3 Å². The van der Waals surface area contributed by atoms with Crippen molar-refractivity contribution in [3.05, 3.63) is 60.2 Å². The van der Waals surface area contributed by atoms with Crippen LogP contribution in [0.2, 0.25) is 0 Å². The van der Waals surface area contributed by atoms with Crippen LogP contribution in [0.25, 0.3) is 0 Å². The van der Waals surface area contributed by atoms with Gasteiger partial charge in [-0.15, -0.1) is 0 Å². The maximum atomic E-state index is 12.4. The molecule has 1 heterocycles. The molecule has 3 rings (SSSR count). The van der Waals surface area contributed by atoms with E-state index in [1.807, 2.05) is 30.3 Å². The quantitative estimate of drug-likeness (QED) is 0.365. The topological polar surface area (TPSA) is 132 Å². The van der Waals surface area contributed by atoms with E-state index < -0.39 is 18.0 Å². The normalized spacial score (nSPS) is 13.3. The van der Waals surface area contributed by atoms with Crippen LogP contribution in [0.15, 0.2) is 54.6 Å². The fourth-order valence-corrected chi connectivity index (χ4v) is 3.53. The molecule has 2 aromatic carbocycles. The summed E-state index contributed by atoms with van der Waals surface area (Å²) in [6.07, 6.45) is 0.513. The van der Waals surface area contributed by atoms with Gasteiger partial charge in [0.1, 0.15) is 18.1 Å². The second-order valence-corrected chi connectivity index (χ2v) is 8.19. The van der Waals surface area contributed by atoms with Crippen molar-refractivity contribution in [2.24, 2.45) is 5.92 Å². The van der Waals surface area contributed by atoms with Gasteiger partial charge in [0.25, 0.3) is 5.91 Å². The van der Waals surface area contributed by atoms with Crippen molar-refractivity contribution in [2.45, 2.75) is 26.4 Å². The first-order valence-electron chi connectivity index (χ1n) is 12.0. The van der Waals surface area contributed by atoms with Gasteiger partial charge in [-0.25, -0.2) is 9.59 Å². The van der Waals surface area contributed by atoms with E-state index in [9.17, 15) is 19.2 Å². The summed E-state index contributed by atoms with van der Waals surface area (Å²) in [6, 6.07) is 15.8. The molecule has 0 aromatic heterocycles. The Morgan fingerprint density at radius 1 is 0.838 bits per heavy atom. The molecule has 0 unspecified atom stereocenters. The summed E-state index contributed by atoms with van der Waals surface area (Å²) in [5, 5.41) is 0. The van der Waals surface area contributed by atoms with Crippen LogP contribution in [0.1, 0.15) is 25.3 Å². The molecular formula is C26H31N3O8. The predicted octanol–water partition coefficient (Wildman–Crippen LogP) is 2.20. The molecule has 0 spiro atoms. The van der Waals surface area contributed by atoms with E-state index >= 15 is 0 Å². The molecule has 1 aliphatic heterocycles. The lowest BCUT2D eigenvalue weighted by atomic mass is 9.96. The predicted molar refractivity (Wildman–Crippen MR) is 131 cm³/mol. The molecule has 3 amide bonds. The van der Waals surface area contributed by atoms with E-state index in [1.165, 1.54) is 0 Å². The number of hydrogen-bond donors (Lipinski definition) is 2. The molecule has 0 radical (unpaired) electrons. The third-order valence-corrected chi connectivity index (χ3v) is 5.51. The van der Waals surface area contributed by atoms with E-state index in [1.54, 1.807) is 36.1 Å². The zero-order valence-corrected chi connectivity index (χ0v) is 20.6. The van der Waals surface area contributed by atoms with Crippen molar-refractivity contribution in [1.29, 1.82) is 0 Å². The molecule has 2 aromatic rings. The molecular weight excluding hydrogens is 482 g/mol. The number of carbonyl (C=O) groups is 4. The minimum atomic E-state index is -0.530. The molecule has 0 aliphatic carbocycles. The summed E-state index contributed by atoms with van der Waals surface area (Å²) in [6.45, 7) is 2.46. The summed E-state index contributed by atoms with van der Waals surface area (Å²) in [4.78, 5) is 49.6. The van der Waals surface area contributed by atoms with Gasteiger partial charge in [0.05, 0.1) is 6.61 Å². The summed E-state index contributed by atoms with van der Waals surface area (Å²) in [5.41, 5.74) is 5.65. The second-order valence-electron chi connectivity index (χ2n) is 8.19. The lowest BCUT2D eigenvalue weighted by Crippen LogP contribution is -2.49. The Bertz CT molecular complexity index is 1040. The van der Waals surface area contributed by atoms with Crippen LogP contribution in [0, 0.1) is 5.92 Å². The van der Waals surface area contributed by atoms with Crippen LogP contribution in [-0.2, 0) is 30.5 Å². The van der Waals surface area contributed by atoms with Crippen LogP contribution < -0.4 is 20.3 Å². The van der Waals surface area contributed by atoms with Crippen LogP contribution in [0.4, 0.5) is 4.79 Å². The molecule has 0 saturated carbocycles. The first-order valence-corrected chi connectivity index (χ1v) is 12.0. The summed E-state index contributed by atoms with van der Waals surface area (Å²) in [7, 11) is 0. The summed E-state index contributed by atoms with van der Waals surface area (Å²) < 4.78 is 20.8. The molecule has 0 bridgehead atoms. The molecule has 2 N–H and O–H groups in total. The van der Waals surface area contributed by atoms with Gasteiger partial charge in [0.2, 0.25) is 5.91 Å². The Balaban J connectivity index is 1.29. The van der Waals surface area contributed by atoms with Crippen molar-refractivity contribution in [3.63, 3.8) is 0 Å². The number of benzene rings is 2. The zero-order valence-electron chi connectivity index (χ0n) is 20.6. The molecule has 11 heteroatoms. The number of carbonyl (C=O) groups excluding carboxylic acids is 4. The molecule has 0 atom stereocenters. The van der Waals surface area contributed by atoms with E-state index in [2.05, 4.69) is 10.9 Å². The minimum absolute atomic E-state index is 0.196. The van der Waals surface area contributed by atoms with Crippen molar-refractivity contribution < 1.29 is 38.1 Å². The minimum Gasteiger partial charge on any atom is -0.484 e. The number of hydrazine groups is 1. The Labute approximate surface area is 215 Å². The fraction of sp³-hybridized carbons (Fsp3) is 0.385. The number of nitrogens with one attached hydrogen (secondary N) is 2. The number of likely N-dealkylation sites (tertiary alicyclic amines) is 1. The number of rotatable bonds is 10. The summed E-state index contributed by atoms with van der Waals surface area (Å²) in [5.74, 6) is -0.786. The average Bonchev–Trinajstić information content (AvgIpc) is 2.93. The number of hydrogen-bond acceptors (Lipinski definition) is 8. The van der Waals surface area contributed by atoms with E-state index in [0.29, 0.717) is 37.4 Å². The Morgan fingerprint density at radius 3 is 2.08 bits per heavy atom. The lowest BCUT2D eigenvalue weighted by Gasteiger charge is -2.30. The fourth-order valence-electron chi connectivity index (χ4n) is 3.53. The maximum absolute atomic E-state index is 12.4. The van der Waals surface area contributed by atoms with Gasteiger partial charge in [-0.05, 0) is 49.6 Å². The van der Waals surface area contributed by atoms with Crippen molar-refractivity contribution in [1.82, 2.24) is 15.8 Å². The van der Waals surface area contributed by atoms with Crippen LogP contribution in [-0.4, -0.2) is 61.7 Å². The van der Waals surface area contributed by atoms with Gasteiger partial charge in [-0.3, -0.25) is 20.4 Å². The van der Waals surface area contributed by atoms with Crippen LogP contribution in [0.3, 0.4) is 0 Å².